The fraction of sp³-hybridized carbons (Fsp3) is 0.350. The van der Waals surface area contributed by atoms with Crippen molar-refractivity contribution in [2.24, 2.45) is 0 Å². The Morgan fingerprint density at radius 1 is 1.19 bits per heavy atom. The molecule has 5 nitrogen and oxygen atoms in total. The second-order valence-corrected chi connectivity index (χ2v) is 6.61. The van der Waals surface area contributed by atoms with E-state index in [-0.39, 0.29) is 23.7 Å². The van der Waals surface area contributed by atoms with Crippen molar-refractivity contribution in [2.45, 2.75) is 32.2 Å². The first-order valence-corrected chi connectivity index (χ1v) is 8.77. The number of nitrogens with zero attached hydrogens (tertiary/aromatic N) is 2. The van der Waals surface area contributed by atoms with Gasteiger partial charge < -0.3 is 10.2 Å². The van der Waals surface area contributed by atoms with E-state index in [9.17, 15) is 14.0 Å². The van der Waals surface area contributed by atoms with E-state index >= 15 is 0 Å². The highest BCUT2D eigenvalue weighted by Crippen LogP contribution is 2.16. The number of pyridine rings is 1. The maximum Gasteiger partial charge on any atom is 0.253 e. The fourth-order valence-corrected chi connectivity index (χ4v) is 3.22. The van der Waals surface area contributed by atoms with Crippen LogP contribution >= 0.6 is 0 Å². The molecule has 1 aromatic heterocycles. The lowest BCUT2D eigenvalue weighted by Crippen LogP contribution is -2.46. The SMILES string of the molecule is CC(=O)NC1CCN(C(=O)c2ccnc(Cc3ccc(F)cc3)c2)CC1. The predicted molar refractivity (Wildman–Crippen MR) is 96.2 cm³/mol. The van der Waals surface area contributed by atoms with Gasteiger partial charge in [-0.05, 0) is 42.7 Å². The van der Waals surface area contributed by atoms with Crippen LogP contribution in [0.1, 0.15) is 41.4 Å². The minimum atomic E-state index is -0.270. The van der Waals surface area contributed by atoms with Crippen LogP contribution in [0.25, 0.3) is 0 Å². The van der Waals surface area contributed by atoms with E-state index < -0.39 is 0 Å². The van der Waals surface area contributed by atoms with Gasteiger partial charge in [-0.25, -0.2) is 4.39 Å². The van der Waals surface area contributed by atoms with E-state index in [1.54, 1.807) is 30.5 Å². The van der Waals surface area contributed by atoms with Gasteiger partial charge >= 0.3 is 0 Å². The molecule has 1 aliphatic heterocycles. The highest BCUT2D eigenvalue weighted by molar-refractivity contribution is 5.94. The molecule has 26 heavy (non-hydrogen) atoms. The maximum atomic E-state index is 13.0. The smallest absolute Gasteiger partial charge is 0.253 e. The number of aromatic nitrogens is 1. The number of amides is 2. The molecular weight excluding hydrogens is 333 g/mol. The van der Waals surface area contributed by atoms with Crippen LogP contribution in [0.3, 0.4) is 0 Å². The first-order valence-electron chi connectivity index (χ1n) is 8.77. The summed E-state index contributed by atoms with van der Waals surface area (Å²) in [4.78, 5) is 30.0. The largest absolute Gasteiger partial charge is 0.353 e. The van der Waals surface area contributed by atoms with Crippen molar-refractivity contribution in [3.63, 3.8) is 0 Å². The van der Waals surface area contributed by atoms with Crippen LogP contribution in [0.5, 0.6) is 0 Å². The number of halogens is 1. The van der Waals surface area contributed by atoms with E-state index in [4.69, 9.17) is 0 Å². The first kappa shape index (κ1) is 18.0. The van der Waals surface area contributed by atoms with Crippen LogP contribution in [0.2, 0.25) is 0 Å². The zero-order valence-corrected chi connectivity index (χ0v) is 14.7. The van der Waals surface area contributed by atoms with Crippen LogP contribution in [-0.4, -0.2) is 40.8 Å². The van der Waals surface area contributed by atoms with E-state index in [1.807, 2.05) is 4.90 Å². The van der Waals surface area contributed by atoms with Gasteiger partial charge in [-0.2, -0.15) is 0 Å². The van der Waals surface area contributed by atoms with Gasteiger partial charge in [0.15, 0.2) is 0 Å². The molecule has 2 aromatic rings. The molecular formula is C20H22FN3O2. The number of rotatable bonds is 4. The average Bonchev–Trinajstić information content (AvgIpc) is 2.63. The molecule has 1 saturated heterocycles. The van der Waals surface area contributed by atoms with E-state index in [0.29, 0.717) is 25.1 Å². The molecule has 3 rings (SSSR count). The summed E-state index contributed by atoms with van der Waals surface area (Å²) in [6.07, 6.45) is 3.71. The quantitative estimate of drug-likeness (QED) is 0.917. The minimum Gasteiger partial charge on any atom is -0.353 e. The molecule has 1 aromatic carbocycles. The number of carbonyl (C=O) groups is 2. The minimum absolute atomic E-state index is 0.0194. The third-order valence-corrected chi connectivity index (χ3v) is 4.55. The van der Waals surface area contributed by atoms with Gasteiger partial charge in [-0.15, -0.1) is 0 Å². The summed E-state index contributed by atoms with van der Waals surface area (Å²) >= 11 is 0. The predicted octanol–water partition coefficient (Wildman–Crippen LogP) is 2.55. The topological polar surface area (TPSA) is 62.3 Å². The lowest BCUT2D eigenvalue weighted by molar-refractivity contribution is -0.119. The van der Waals surface area contributed by atoms with Gasteiger partial charge in [-0.3, -0.25) is 14.6 Å². The van der Waals surface area contributed by atoms with Crippen LogP contribution in [0.4, 0.5) is 4.39 Å². The van der Waals surface area contributed by atoms with Gasteiger partial charge in [0.25, 0.3) is 5.91 Å². The van der Waals surface area contributed by atoms with Crippen LogP contribution < -0.4 is 5.32 Å². The molecule has 136 valence electrons. The van der Waals surface area contributed by atoms with Crippen molar-refractivity contribution in [1.29, 1.82) is 0 Å². The molecule has 2 amide bonds. The zero-order chi connectivity index (χ0) is 18.5. The van der Waals surface area contributed by atoms with Crippen molar-refractivity contribution < 1.29 is 14.0 Å². The normalized spacial score (nSPS) is 14.9. The average molecular weight is 355 g/mol. The van der Waals surface area contributed by atoms with E-state index in [0.717, 1.165) is 24.1 Å². The molecule has 1 aliphatic rings. The Bertz CT molecular complexity index is 784. The molecule has 0 atom stereocenters. The number of nitrogens with one attached hydrogen (secondary N) is 1. The summed E-state index contributed by atoms with van der Waals surface area (Å²) in [6, 6.07) is 9.94. The standard InChI is InChI=1S/C20H22FN3O2/c1-14(25)23-18-7-10-24(11-8-18)20(26)16-6-9-22-19(13-16)12-15-2-4-17(21)5-3-15/h2-6,9,13,18H,7-8,10-12H2,1H3,(H,23,25). The molecule has 0 bridgehead atoms. The van der Waals surface area contributed by atoms with Gasteiger partial charge in [-0.1, -0.05) is 12.1 Å². The highest BCUT2D eigenvalue weighted by Gasteiger charge is 2.24. The summed E-state index contributed by atoms with van der Waals surface area (Å²) < 4.78 is 13.0. The third kappa shape index (κ3) is 4.65. The summed E-state index contributed by atoms with van der Waals surface area (Å²) in [5.74, 6) is -0.323. The lowest BCUT2D eigenvalue weighted by Gasteiger charge is -2.32. The van der Waals surface area contributed by atoms with Gasteiger partial charge in [0, 0.05) is 49.9 Å². The third-order valence-electron chi connectivity index (χ3n) is 4.55. The second kappa shape index (κ2) is 8.08. The second-order valence-electron chi connectivity index (χ2n) is 6.61. The number of hydrogen-bond donors (Lipinski definition) is 1. The Hall–Kier alpha value is -2.76. The maximum absolute atomic E-state index is 13.0. The van der Waals surface area contributed by atoms with E-state index in [1.165, 1.54) is 19.1 Å². The molecule has 0 unspecified atom stereocenters. The molecule has 0 saturated carbocycles. The van der Waals surface area contributed by atoms with Crippen molar-refractivity contribution in [3.8, 4) is 0 Å². The zero-order valence-electron chi connectivity index (χ0n) is 14.7. The molecule has 1 N–H and O–H groups in total. The fourth-order valence-electron chi connectivity index (χ4n) is 3.22. The number of likely N-dealkylation sites (tertiary alicyclic amines) is 1. The van der Waals surface area contributed by atoms with Gasteiger partial charge in [0.2, 0.25) is 5.91 Å². The van der Waals surface area contributed by atoms with Crippen molar-refractivity contribution in [3.05, 3.63) is 65.2 Å². The van der Waals surface area contributed by atoms with Crippen LogP contribution in [0, 0.1) is 5.82 Å². The summed E-state index contributed by atoms with van der Waals surface area (Å²) in [5, 5.41) is 2.91. The number of carbonyl (C=O) groups excluding carboxylic acids is 2. The van der Waals surface area contributed by atoms with Crippen LogP contribution in [-0.2, 0) is 11.2 Å². The van der Waals surface area contributed by atoms with Gasteiger partial charge in [0.1, 0.15) is 5.82 Å². The van der Waals surface area contributed by atoms with Crippen LogP contribution in [0.15, 0.2) is 42.6 Å². The Morgan fingerprint density at radius 3 is 2.54 bits per heavy atom. The lowest BCUT2D eigenvalue weighted by atomic mass is 10.0. The molecule has 0 radical (unpaired) electrons. The number of hydrogen-bond acceptors (Lipinski definition) is 3. The Balaban J connectivity index is 1.63. The van der Waals surface area contributed by atoms with E-state index in [2.05, 4.69) is 10.3 Å². The summed E-state index contributed by atoms with van der Waals surface area (Å²) in [6.45, 7) is 2.76. The Kier molecular flexibility index (Phi) is 5.61. The van der Waals surface area contributed by atoms with Crippen molar-refractivity contribution in [2.75, 3.05) is 13.1 Å². The number of benzene rings is 1. The summed E-state index contributed by atoms with van der Waals surface area (Å²) in [7, 11) is 0. The molecule has 1 fully saturated rings. The summed E-state index contributed by atoms with van der Waals surface area (Å²) in [5.41, 5.74) is 2.32. The number of piperidine rings is 1. The van der Waals surface area contributed by atoms with Crippen molar-refractivity contribution in [1.82, 2.24) is 15.2 Å². The molecule has 6 heteroatoms. The molecule has 2 heterocycles. The first-order chi connectivity index (χ1) is 12.5. The van der Waals surface area contributed by atoms with Gasteiger partial charge in [0.05, 0.1) is 0 Å². The Morgan fingerprint density at radius 2 is 1.88 bits per heavy atom. The molecule has 0 spiro atoms. The van der Waals surface area contributed by atoms with Crippen molar-refractivity contribution >= 4 is 11.8 Å². The highest BCUT2D eigenvalue weighted by atomic mass is 19.1. The molecule has 0 aliphatic carbocycles. The monoisotopic (exact) mass is 355 g/mol. The Labute approximate surface area is 152 Å².